The van der Waals surface area contributed by atoms with Crippen molar-refractivity contribution < 1.29 is 28.2 Å². The Morgan fingerprint density at radius 3 is 2.65 bits per heavy atom. The van der Waals surface area contributed by atoms with E-state index in [0.717, 1.165) is 26.1 Å². The molecule has 1 aromatic heterocycles. The molecular formula is C35H46ClFN6O5. The molecule has 1 amide bonds. The van der Waals surface area contributed by atoms with Gasteiger partial charge in [0, 0.05) is 62.8 Å². The van der Waals surface area contributed by atoms with Crippen molar-refractivity contribution in [1.82, 2.24) is 24.7 Å². The number of rotatable bonds is 5. The SMILES string of the molecule is C[C@@H]1C(=O)CCCCOc2cc3c(ncnc3cc2OCCCN2CCN(C(=O)OC(C)(C)C)CC2)Nc2cc(Cl)c(F)cc2CN1C. The van der Waals surface area contributed by atoms with Crippen molar-refractivity contribution in [1.29, 1.82) is 0 Å². The van der Waals surface area contributed by atoms with Crippen molar-refractivity contribution in [2.45, 2.75) is 71.6 Å². The fourth-order valence-electron chi connectivity index (χ4n) is 5.75. The first-order chi connectivity index (χ1) is 22.9. The Morgan fingerprint density at radius 1 is 1.12 bits per heavy atom. The van der Waals surface area contributed by atoms with E-state index in [9.17, 15) is 14.0 Å². The number of aromatic nitrogens is 2. The highest BCUT2D eigenvalue weighted by Crippen LogP contribution is 2.37. The summed E-state index contributed by atoms with van der Waals surface area (Å²) in [6.45, 7) is 12.3. The van der Waals surface area contributed by atoms with Gasteiger partial charge in [0.2, 0.25) is 0 Å². The summed E-state index contributed by atoms with van der Waals surface area (Å²) in [6.07, 6.45) is 3.76. The van der Waals surface area contributed by atoms with Crippen molar-refractivity contribution in [2.24, 2.45) is 0 Å². The second-order valence-electron chi connectivity index (χ2n) is 13.5. The van der Waals surface area contributed by atoms with Crippen molar-refractivity contribution in [3.63, 3.8) is 0 Å². The molecule has 3 aromatic rings. The van der Waals surface area contributed by atoms with E-state index in [4.69, 9.17) is 25.8 Å². The number of halogens is 2. The van der Waals surface area contributed by atoms with Crippen molar-refractivity contribution in [3.05, 3.63) is 47.0 Å². The zero-order chi connectivity index (χ0) is 34.4. The number of likely N-dealkylation sites (N-methyl/N-ethyl adjacent to an activating group) is 1. The zero-order valence-electron chi connectivity index (χ0n) is 28.5. The number of piperazine rings is 1. The fourth-order valence-corrected chi connectivity index (χ4v) is 5.91. The van der Waals surface area contributed by atoms with Gasteiger partial charge < -0.3 is 24.4 Å². The number of nitrogens with zero attached hydrogens (tertiary/aromatic N) is 5. The normalized spacial score (nSPS) is 18.7. The second-order valence-corrected chi connectivity index (χ2v) is 13.9. The number of nitrogens with one attached hydrogen (secondary N) is 1. The molecule has 13 heteroatoms. The number of ketones is 1. The van der Waals surface area contributed by atoms with Crippen molar-refractivity contribution >= 4 is 45.9 Å². The highest BCUT2D eigenvalue weighted by molar-refractivity contribution is 6.31. The van der Waals surface area contributed by atoms with Gasteiger partial charge in [-0.05, 0) is 77.8 Å². The van der Waals surface area contributed by atoms with Gasteiger partial charge in [0.1, 0.15) is 29.3 Å². The van der Waals surface area contributed by atoms with Crippen molar-refractivity contribution in [2.75, 3.05) is 58.3 Å². The predicted octanol–water partition coefficient (Wildman–Crippen LogP) is 6.44. The first-order valence-electron chi connectivity index (χ1n) is 16.6. The average molecular weight is 685 g/mol. The maximum absolute atomic E-state index is 14.6. The maximum Gasteiger partial charge on any atom is 0.410 e. The van der Waals surface area contributed by atoms with Crippen LogP contribution in [-0.2, 0) is 16.1 Å². The molecule has 1 N–H and O–H groups in total. The Kier molecular flexibility index (Phi) is 11.6. The van der Waals surface area contributed by atoms with E-state index < -0.39 is 11.4 Å². The van der Waals surface area contributed by atoms with Gasteiger partial charge in [-0.15, -0.1) is 0 Å². The molecule has 1 fully saturated rings. The first-order valence-corrected chi connectivity index (χ1v) is 17.0. The van der Waals surface area contributed by atoms with Gasteiger partial charge in [-0.25, -0.2) is 19.2 Å². The zero-order valence-corrected chi connectivity index (χ0v) is 29.2. The quantitative estimate of drug-likeness (QED) is 0.302. The van der Waals surface area contributed by atoms with E-state index in [2.05, 4.69) is 20.2 Å². The lowest BCUT2D eigenvalue weighted by Gasteiger charge is -2.35. The minimum Gasteiger partial charge on any atom is -0.490 e. The smallest absolute Gasteiger partial charge is 0.410 e. The molecule has 2 aromatic carbocycles. The predicted molar refractivity (Wildman–Crippen MR) is 184 cm³/mol. The van der Waals surface area contributed by atoms with Crippen LogP contribution in [0.25, 0.3) is 10.9 Å². The minimum atomic E-state index is -0.535. The average Bonchev–Trinajstić information content (AvgIpc) is 3.04. The Balaban J connectivity index is 1.31. The molecule has 48 heavy (non-hydrogen) atoms. The van der Waals surface area contributed by atoms with Gasteiger partial charge >= 0.3 is 6.09 Å². The number of carbonyl (C=O) groups excluding carboxylic acids is 2. The second kappa shape index (κ2) is 15.7. The van der Waals surface area contributed by atoms with Crippen LogP contribution in [0.15, 0.2) is 30.6 Å². The van der Waals surface area contributed by atoms with E-state index in [1.165, 1.54) is 18.5 Å². The molecule has 0 spiro atoms. The Morgan fingerprint density at radius 2 is 1.90 bits per heavy atom. The van der Waals surface area contributed by atoms with Crippen LogP contribution in [0, 0.1) is 5.82 Å². The minimum absolute atomic E-state index is 0.0228. The Bertz CT molecular complexity index is 1610. The third kappa shape index (κ3) is 9.24. The molecule has 260 valence electrons. The van der Waals surface area contributed by atoms with Gasteiger partial charge in [-0.1, -0.05) is 11.6 Å². The number of carbonyl (C=O) groups is 2. The van der Waals surface area contributed by atoms with Gasteiger partial charge in [-0.3, -0.25) is 14.6 Å². The number of fused-ring (bicyclic) bond motifs is 2. The molecule has 1 saturated heterocycles. The molecule has 0 aliphatic carbocycles. The maximum atomic E-state index is 14.6. The topological polar surface area (TPSA) is 109 Å². The van der Waals surface area contributed by atoms with Crippen LogP contribution in [0.2, 0.25) is 5.02 Å². The summed E-state index contributed by atoms with van der Waals surface area (Å²) in [5.41, 5.74) is 1.36. The number of anilines is 2. The molecular weight excluding hydrogens is 639 g/mol. The van der Waals surface area contributed by atoms with Crippen LogP contribution in [0.5, 0.6) is 11.5 Å². The van der Waals surface area contributed by atoms with E-state index in [1.54, 1.807) is 4.90 Å². The van der Waals surface area contributed by atoms with Crippen LogP contribution < -0.4 is 14.8 Å². The van der Waals surface area contributed by atoms with E-state index >= 15 is 0 Å². The summed E-state index contributed by atoms with van der Waals surface area (Å²) in [7, 11) is 1.85. The first kappa shape index (κ1) is 35.6. The molecule has 0 saturated carbocycles. The summed E-state index contributed by atoms with van der Waals surface area (Å²) < 4.78 is 32.7. The van der Waals surface area contributed by atoms with Crippen LogP contribution in [-0.4, -0.2) is 101 Å². The lowest BCUT2D eigenvalue weighted by atomic mass is 10.1. The standard InChI is InChI=1S/C35H46ClFN6O5/c1-23-30(44)9-6-7-15-46-31-18-25-29(38-22-39-33(25)40-28-19-26(36)27(37)17-24(28)21-41(23)5)20-32(31)47-16-8-10-42-11-13-43(14-12-42)34(45)48-35(2,3)4/h17-20,22-23H,6-16,21H2,1-5H3,(H,38,39,40)/t23-/m1/s1. The van der Waals surface area contributed by atoms with Crippen LogP contribution in [0.4, 0.5) is 20.7 Å². The largest absolute Gasteiger partial charge is 0.490 e. The Hall–Kier alpha value is -3.74. The van der Waals surface area contributed by atoms with Gasteiger partial charge in [-0.2, -0.15) is 0 Å². The van der Waals surface area contributed by atoms with Gasteiger partial charge in [0.25, 0.3) is 0 Å². The third-order valence-electron chi connectivity index (χ3n) is 8.62. The molecule has 0 unspecified atom stereocenters. The highest BCUT2D eigenvalue weighted by atomic mass is 35.5. The van der Waals surface area contributed by atoms with Gasteiger partial charge in [0.15, 0.2) is 11.5 Å². The fraction of sp³-hybridized carbons (Fsp3) is 0.543. The van der Waals surface area contributed by atoms with Crippen molar-refractivity contribution in [3.8, 4) is 11.5 Å². The lowest BCUT2D eigenvalue weighted by molar-refractivity contribution is -0.123. The number of amides is 1. The number of hydrogen-bond donors (Lipinski definition) is 1. The van der Waals surface area contributed by atoms with E-state index in [-0.39, 0.29) is 22.9 Å². The van der Waals surface area contributed by atoms with Gasteiger partial charge in [0.05, 0.1) is 29.8 Å². The number of benzene rings is 2. The lowest BCUT2D eigenvalue weighted by Crippen LogP contribution is -2.50. The van der Waals surface area contributed by atoms with Crippen LogP contribution >= 0.6 is 11.6 Å². The molecule has 5 rings (SSSR count). The summed E-state index contributed by atoms with van der Waals surface area (Å²) in [4.78, 5) is 40.4. The molecule has 1 atom stereocenters. The van der Waals surface area contributed by atoms with E-state index in [0.29, 0.717) is 91.6 Å². The van der Waals surface area contributed by atoms with Crippen LogP contribution in [0.1, 0.15) is 58.9 Å². The van der Waals surface area contributed by atoms with E-state index in [1.807, 2.05) is 51.8 Å². The number of ether oxygens (including phenoxy) is 3. The molecule has 2 aliphatic rings. The molecule has 11 nitrogen and oxygen atoms in total. The summed E-state index contributed by atoms with van der Waals surface area (Å²) >= 11 is 6.21. The third-order valence-corrected chi connectivity index (χ3v) is 8.91. The summed E-state index contributed by atoms with van der Waals surface area (Å²) in [5, 5.41) is 4.02. The molecule has 3 heterocycles. The summed E-state index contributed by atoms with van der Waals surface area (Å²) in [6, 6.07) is 6.29. The molecule has 2 bridgehead atoms. The monoisotopic (exact) mass is 684 g/mol. The molecule has 2 aliphatic heterocycles. The highest BCUT2D eigenvalue weighted by Gasteiger charge is 2.26. The Labute approximate surface area is 286 Å². The number of hydrogen-bond acceptors (Lipinski definition) is 10. The molecule has 0 radical (unpaired) electrons. The van der Waals surface area contributed by atoms with Crippen LogP contribution in [0.3, 0.4) is 0 Å². The summed E-state index contributed by atoms with van der Waals surface area (Å²) in [5.74, 6) is 1.20. The number of Topliss-reactive ketones (excluding diaryl/α,β-unsaturated/α-hetero) is 1.